The topological polar surface area (TPSA) is 52.0 Å². The van der Waals surface area contributed by atoms with Crippen molar-refractivity contribution in [2.75, 3.05) is 6.61 Å². The fourth-order valence-electron chi connectivity index (χ4n) is 1.99. The van der Waals surface area contributed by atoms with Gasteiger partial charge in [-0.25, -0.2) is 4.98 Å². The van der Waals surface area contributed by atoms with E-state index < -0.39 is 0 Å². The van der Waals surface area contributed by atoms with Gasteiger partial charge in [0.15, 0.2) is 0 Å². The van der Waals surface area contributed by atoms with Crippen molar-refractivity contribution in [3.8, 4) is 5.88 Å². The zero-order chi connectivity index (χ0) is 14.4. The van der Waals surface area contributed by atoms with Gasteiger partial charge in [0, 0.05) is 38.1 Å². The smallest absolute Gasteiger partial charge is 0.213 e. The van der Waals surface area contributed by atoms with Crippen LogP contribution in [-0.4, -0.2) is 21.4 Å². The van der Waals surface area contributed by atoms with Crippen molar-refractivity contribution in [1.82, 2.24) is 20.1 Å². The molecule has 0 bridgehead atoms. The lowest BCUT2D eigenvalue weighted by Crippen LogP contribution is -2.20. The largest absolute Gasteiger partial charge is 0.478 e. The van der Waals surface area contributed by atoms with Gasteiger partial charge in [0.1, 0.15) is 0 Å². The number of nitrogens with one attached hydrogen (secondary N) is 1. The highest BCUT2D eigenvalue weighted by Crippen LogP contribution is 2.12. The van der Waals surface area contributed by atoms with Gasteiger partial charge in [-0.15, -0.1) is 0 Å². The highest BCUT2D eigenvalue weighted by Gasteiger charge is 2.08. The highest BCUT2D eigenvalue weighted by atomic mass is 16.5. The molecule has 20 heavy (non-hydrogen) atoms. The van der Waals surface area contributed by atoms with E-state index in [0.29, 0.717) is 12.5 Å². The third-order valence-electron chi connectivity index (χ3n) is 3.17. The van der Waals surface area contributed by atoms with Crippen LogP contribution in [0.5, 0.6) is 5.88 Å². The molecule has 5 nitrogen and oxygen atoms in total. The van der Waals surface area contributed by atoms with E-state index in [0.717, 1.165) is 18.5 Å². The lowest BCUT2D eigenvalue weighted by atomic mass is 10.2. The number of aromatic nitrogens is 3. The van der Waals surface area contributed by atoms with Crippen molar-refractivity contribution in [2.24, 2.45) is 7.05 Å². The fourth-order valence-corrected chi connectivity index (χ4v) is 1.99. The van der Waals surface area contributed by atoms with Crippen LogP contribution in [0.25, 0.3) is 0 Å². The van der Waals surface area contributed by atoms with Gasteiger partial charge in [-0.3, -0.25) is 4.68 Å². The van der Waals surface area contributed by atoms with Crippen molar-refractivity contribution in [3.63, 3.8) is 0 Å². The normalized spacial score (nSPS) is 12.3. The molecular formula is C15H22N4O. The summed E-state index contributed by atoms with van der Waals surface area (Å²) in [7, 11) is 1.95. The van der Waals surface area contributed by atoms with E-state index >= 15 is 0 Å². The Morgan fingerprint density at radius 2 is 2.20 bits per heavy atom. The summed E-state index contributed by atoms with van der Waals surface area (Å²) in [4.78, 5) is 4.29. The molecule has 0 radical (unpaired) electrons. The Bertz CT molecular complexity index is 521. The standard InChI is InChI=1S/C15H22N4O/c1-4-9-20-15-6-5-13(11-17-15)10-16-12(2)14-7-8-18-19(14)3/h5-8,11-12,16H,4,9-10H2,1-3H3. The molecule has 2 aromatic heterocycles. The summed E-state index contributed by atoms with van der Waals surface area (Å²) in [6.45, 7) is 5.69. The summed E-state index contributed by atoms with van der Waals surface area (Å²) in [5.74, 6) is 0.690. The summed E-state index contributed by atoms with van der Waals surface area (Å²) in [6.07, 6.45) is 4.66. The lowest BCUT2D eigenvalue weighted by Gasteiger charge is -2.14. The van der Waals surface area contributed by atoms with Crippen LogP contribution in [0.4, 0.5) is 0 Å². The average molecular weight is 274 g/mol. The van der Waals surface area contributed by atoms with Crippen molar-refractivity contribution in [1.29, 1.82) is 0 Å². The number of ether oxygens (including phenoxy) is 1. The first-order chi connectivity index (χ1) is 9.70. The first-order valence-electron chi connectivity index (χ1n) is 6.99. The second kappa shape index (κ2) is 7.05. The summed E-state index contributed by atoms with van der Waals surface area (Å²) in [5, 5.41) is 7.64. The van der Waals surface area contributed by atoms with Crippen LogP contribution in [-0.2, 0) is 13.6 Å². The molecule has 0 spiro atoms. The number of pyridine rings is 1. The van der Waals surface area contributed by atoms with Crippen molar-refractivity contribution in [3.05, 3.63) is 41.9 Å². The van der Waals surface area contributed by atoms with E-state index in [9.17, 15) is 0 Å². The first-order valence-corrected chi connectivity index (χ1v) is 6.99. The van der Waals surface area contributed by atoms with E-state index in [-0.39, 0.29) is 6.04 Å². The van der Waals surface area contributed by atoms with Crippen LogP contribution in [0.15, 0.2) is 30.6 Å². The maximum absolute atomic E-state index is 5.47. The van der Waals surface area contributed by atoms with Crippen molar-refractivity contribution >= 4 is 0 Å². The van der Waals surface area contributed by atoms with E-state index in [2.05, 4.69) is 29.2 Å². The monoisotopic (exact) mass is 274 g/mol. The Labute approximate surface area is 120 Å². The van der Waals surface area contributed by atoms with Gasteiger partial charge in [-0.1, -0.05) is 13.0 Å². The second-order valence-electron chi connectivity index (χ2n) is 4.84. The molecule has 1 unspecified atom stereocenters. The van der Waals surface area contributed by atoms with Crippen molar-refractivity contribution < 1.29 is 4.74 Å². The summed E-state index contributed by atoms with van der Waals surface area (Å²) in [6, 6.07) is 6.23. The van der Waals surface area contributed by atoms with Crippen LogP contribution < -0.4 is 10.1 Å². The molecule has 0 fully saturated rings. The fraction of sp³-hybridized carbons (Fsp3) is 0.467. The van der Waals surface area contributed by atoms with Crippen molar-refractivity contribution in [2.45, 2.75) is 32.9 Å². The van der Waals surface area contributed by atoms with E-state index in [4.69, 9.17) is 4.74 Å². The van der Waals surface area contributed by atoms with Gasteiger partial charge in [0.05, 0.1) is 12.3 Å². The molecule has 0 amide bonds. The molecule has 0 aliphatic carbocycles. The van der Waals surface area contributed by atoms with Gasteiger partial charge < -0.3 is 10.1 Å². The highest BCUT2D eigenvalue weighted by molar-refractivity contribution is 5.18. The molecule has 108 valence electrons. The van der Waals surface area contributed by atoms with E-state index in [1.807, 2.05) is 42.3 Å². The molecule has 2 heterocycles. The average Bonchev–Trinajstić information content (AvgIpc) is 2.90. The summed E-state index contributed by atoms with van der Waals surface area (Å²) in [5.41, 5.74) is 2.31. The van der Waals surface area contributed by atoms with Gasteiger partial charge in [0.2, 0.25) is 5.88 Å². The predicted octanol–water partition coefficient (Wildman–Crippen LogP) is 2.45. The molecule has 2 aromatic rings. The summed E-state index contributed by atoms with van der Waals surface area (Å²) < 4.78 is 7.35. The Hall–Kier alpha value is -1.88. The Balaban J connectivity index is 1.86. The molecular weight excluding hydrogens is 252 g/mol. The zero-order valence-corrected chi connectivity index (χ0v) is 12.3. The molecule has 1 atom stereocenters. The number of hydrogen-bond donors (Lipinski definition) is 1. The van der Waals surface area contributed by atoms with Crippen LogP contribution in [0.3, 0.4) is 0 Å². The zero-order valence-electron chi connectivity index (χ0n) is 12.3. The number of nitrogens with zero attached hydrogens (tertiary/aromatic N) is 3. The molecule has 2 rings (SSSR count). The maximum atomic E-state index is 5.47. The number of hydrogen-bond acceptors (Lipinski definition) is 4. The third-order valence-corrected chi connectivity index (χ3v) is 3.17. The Kier molecular flexibility index (Phi) is 5.12. The minimum atomic E-state index is 0.249. The SMILES string of the molecule is CCCOc1ccc(CNC(C)c2ccnn2C)cn1. The Morgan fingerprint density at radius 3 is 2.80 bits per heavy atom. The van der Waals surface area contributed by atoms with Gasteiger partial charge >= 0.3 is 0 Å². The molecule has 0 aromatic carbocycles. The van der Waals surface area contributed by atoms with Crippen LogP contribution in [0, 0.1) is 0 Å². The van der Waals surface area contributed by atoms with Crippen LogP contribution >= 0.6 is 0 Å². The minimum absolute atomic E-state index is 0.249. The molecule has 0 saturated heterocycles. The quantitative estimate of drug-likeness (QED) is 0.842. The van der Waals surface area contributed by atoms with Crippen LogP contribution in [0.1, 0.15) is 37.6 Å². The van der Waals surface area contributed by atoms with Crippen LogP contribution in [0.2, 0.25) is 0 Å². The number of aryl methyl sites for hydroxylation is 1. The van der Waals surface area contributed by atoms with Gasteiger partial charge in [-0.2, -0.15) is 5.10 Å². The van der Waals surface area contributed by atoms with E-state index in [1.54, 1.807) is 0 Å². The minimum Gasteiger partial charge on any atom is -0.478 e. The maximum Gasteiger partial charge on any atom is 0.213 e. The molecule has 1 N–H and O–H groups in total. The van der Waals surface area contributed by atoms with Gasteiger partial charge in [-0.05, 0) is 25.0 Å². The Morgan fingerprint density at radius 1 is 1.35 bits per heavy atom. The second-order valence-corrected chi connectivity index (χ2v) is 4.84. The van der Waals surface area contributed by atoms with Gasteiger partial charge in [0.25, 0.3) is 0 Å². The molecule has 0 aliphatic heterocycles. The predicted molar refractivity (Wildman–Crippen MR) is 78.5 cm³/mol. The lowest BCUT2D eigenvalue weighted by molar-refractivity contribution is 0.305. The summed E-state index contributed by atoms with van der Waals surface area (Å²) >= 11 is 0. The first kappa shape index (κ1) is 14.5. The number of rotatable bonds is 7. The molecule has 0 saturated carbocycles. The van der Waals surface area contributed by atoms with E-state index in [1.165, 1.54) is 5.69 Å². The third kappa shape index (κ3) is 3.81. The molecule has 5 heteroatoms. The molecule has 0 aliphatic rings.